The van der Waals surface area contributed by atoms with Crippen molar-refractivity contribution in [1.82, 2.24) is 5.32 Å². The van der Waals surface area contributed by atoms with E-state index >= 15 is 0 Å². The van der Waals surface area contributed by atoms with Gasteiger partial charge in [-0.2, -0.15) is 4.39 Å². The van der Waals surface area contributed by atoms with E-state index in [1.165, 1.54) is 12.3 Å². The third-order valence-electron chi connectivity index (χ3n) is 2.08. The summed E-state index contributed by atoms with van der Waals surface area (Å²) in [7, 11) is 1.78. The number of fused-ring (bicyclic) bond motifs is 1. The first-order chi connectivity index (χ1) is 6.74. The zero-order chi connectivity index (χ0) is 10.1. The second-order valence-corrected chi connectivity index (χ2v) is 3.03. The molecule has 0 fully saturated rings. The Balaban J connectivity index is 2.64. The molecule has 0 saturated carbocycles. The molecule has 0 spiro atoms. The van der Waals surface area contributed by atoms with Crippen LogP contribution < -0.4 is 5.32 Å². The van der Waals surface area contributed by atoms with Crippen LogP contribution in [0.4, 0.5) is 8.78 Å². The predicted molar refractivity (Wildman–Crippen MR) is 48.9 cm³/mol. The van der Waals surface area contributed by atoms with Crippen molar-refractivity contribution in [3.8, 4) is 0 Å². The Bertz CT molecular complexity index is 464. The van der Waals surface area contributed by atoms with Gasteiger partial charge >= 0.3 is 0 Å². The molecule has 74 valence electrons. The average Bonchev–Trinajstić information content (AvgIpc) is 2.57. The van der Waals surface area contributed by atoms with E-state index in [-0.39, 0.29) is 5.58 Å². The molecule has 0 bridgehead atoms. The van der Waals surface area contributed by atoms with Crippen LogP contribution in [0.15, 0.2) is 22.8 Å². The van der Waals surface area contributed by atoms with Gasteiger partial charge in [-0.3, -0.25) is 0 Å². The van der Waals surface area contributed by atoms with E-state index in [1.807, 2.05) is 0 Å². The Hall–Kier alpha value is -1.42. The third-order valence-corrected chi connectivity index (χ3v) is 2.08. The summed E-state index contributed by atoms with van der Waals surface area (Å²) < 4.78 is 30.9. The van der Waals surface area contributed by atoms with Crippen LogP contribution in [0.5, 0.6) is 0 Å². The van der Waals surface area contributed by atoms with Crippen molar-refractivity contribution in [2.75, 3.05) is 7.05 Å². The lowest BCUT2D eigenvalue weighted by atomic mass is 10.1. The molecule has 0 aliphatic carbocycles. The monoisotopic (exact) mass is 197 g/mol. The molecule has 1 aromatic carbocycles. The highest BCUT2D eigenvalue weighted by atomic mass is 19.2. The molecule has 1 heterocycles. The molecule has 0 aliphatic rings. The molecule has 2 rings (SSSR count). The lowest BCUT2D eigenvalue weighted by Crippen LogP contribution is -2.04. The van der Waals surface area contributed by atoms with Crippen molar-refractivity contribution in [2.24, 2.45) is 0 Å². The molecule has 1 N–H and O–H groups in total. The number of halogens is 2. The minimum absolute atomic E-state index is 0.0183. The maximum absolute atomic E-state index is 13.2. The highest BCUT2D eigenvalue weighted by molar-refractivity contribution is 5.81. The number of benzene rings is 1. The molecule has 0 aliphatic heterocycles. The van der Waals surface area contributed by atoms with Crippen LogP contribution in [-0.2, 0) is 6.54 Å². The zero-order valence-electron chi connectivity index (χ0n) is 7.60. The van der Waals surface area contributed by atoms with Crippen molar-refractivity contribution in [3.63, 3.8) is 0 Å². The Morgan fingerprint density at radius 2 is 2.14 bits per heavy atom. The molecule has 0 saturated heterocycles. The van der Waals surface area contributed by atoms with Crippen molar-refractivity contribution in [1.29, 1.82) is 0 Å². The van der Waals surface area contributed by atoms with Crippen LogP contribution >= 0.6 is 0 Å². The number of furan rings is 1. The number of hydrogen-bond donors (Lipinski definition) is 1. The fourth-order valence-corrected chi connectivity index (χ4v) is 1.42. The van der Waals surface area contributed by atoms with Gasteiger partial charge in [-0.05, 0) is 19.2 Å². The van der Waals surface area contributed by atoms with E-state index in [2.05, 4.69) is 5.32 Å². The lowest BCUT2D eigenvalue weighted by molar-refractivity contribution is 0.491. The Morgan fingerprint density at radius 1 is 1.36 bits per heavy atom. The summed E-state index contributed by atoms with van der Waals surface area (Å²) in [5.74, 6) is -1.81. The second-order valence-electron chi connectivity index (χ2n) is 3.03. The van der Waals surface area contributed by atoms with Gasteiger partial charge < -0.3 is 9.73 Å². The fraction of sp³-hybridized carbons (Fsp3) is 0.200. The predicted octanol–water partition coefficient (Wildman–Crippen LogP) is 2.43. The van der Waals surface area contributed by atoms with Gasteiger partial charge in [-0.25, -0.2) is 4.39 Å². The van der Waals surface area contributed by atoms with Crippen molar-refractivity contribution < 1.29 is 13.2 Å². The third kappa shape index (κ3) is 1.28. The van der Waals surface area contributed by atoms with Crippen LogP contribution in [0.2, 0.25) is 0 Å². The highest BCUT2D eigenvalue weighted by Crippen LogP contribution is 2.25. The van der Waals surface area contributed by atoms with Crippen molar-refractivity contribution in [2.45, 2.75) is 6.54 Å². The molecule has 2 nitrogen and oxygen atoms in total. The van der Waals surface area contributed by atoms with E-state index in [9.17, 15) is 8.78 Å². The zero-order valence-corrected chi connectivity index (χ0v) is 7.60. The van der Waals surface area contributed by atoms with Crippen molar-refractivity contribution >= 4 is 11.0 Å². The summed E-state index contributed by atoms with van der Waals surface area (Å²) in [6.07, 6.45) is 1.43. The summed E-state index contributed by atoms with van der Waals surface area (Å²) in [6, 6.07) is 2.62. The highest BCUT2D eigenvalue weighted by Gasteiger charge is 2.13. The summed E-state index contributed by atoms with van der Waals surface area (Å²) in [5, 5.41) is 3.53. The SMILES string of the molecule is CNCc1coc2c(F)c(F)ccc12. The van der Waals surface area contributed by atoms with E-state index in [4.69, 9.17) is 4.42 Å². The largest absolute Gasteiger partial charge is 0.461 e. The minimum atomic E-state index is -0.926. The van der Waals surface area contributed by atoms with Gasteiger partial charge in [0.1, 0.15) is 0 Å². The molecule has 4 heteroatoms. The summed E-state index contributed by atoms with van der Waals surface area (Å²) in [5.41, 5.74) is 0.802. The smallest absolute Gasteiger partial charge is 0.201 e. The van der Waals surface area contributed by atoms with Gasteiger partial charge in [0.05, 0.1) is 6.26 Å². The Labute approximate surface area is 79.5 Å². The quantitative estimate of drug-likeness (QED) is 0.799. The van der Waals surface area contributed by atoms with E-state index in [0.29, 0.717) is 11.9 Å². The topological polar surface area (TPSA) is 25.2 Å². The molecule has 0 atom stereocenters. The molecular formula is C10H9F2NO. The van der Waals surface area contributed by atoms with E-state index in [0.717, 1.165) is 11.6 Å². The van der Waals surface area contributed by atoms with Crippen LogP contribution in [0.3, 0.4) is 0 Å². The molecule has 0 amide bonds. The van der Waals surface area contributed by atoms with Crippen LogP contribution in [0.25, 0.3) is 11.0 Å². The first-order valence-corrected chi connectivity index (χ1v) is 4.22. The van der Waals surface area contributed by atoms with Gasteiger partial charge in [0.15, 0.2) is 11.4 Å². The normalized spacial score (nSPS) is 11.1. The molecule has 2 aromatic rings. The Morgan fingerprint density at radius 3 is 2.86 bits per heavy atom. The molecule has 1 aromatic heterocycles. The number of nitrogens with one attached hydrogen (secondary N) is 1. The standard InChI is InChI=1S/C10H9F2NO/c1-13-4-6-5-14-10-7(6)2-3-8(11)9(10)12/h2-3,5,13H,4H2,1H3. The van der Waals surface area contributed by atoms with Crippen LogP contribution in [0.1, 0.15) is 5.56 Å². The van der Waals surface area contributed by atoms with Gasteiger partial charge in [0, 0.05) is 17.5 Å². The van der Waals surface area contributed by atoms with Crippen LogP contribution in [-0.4, -0.2) is 7.05 Å². The van der Waals surface area contributed by atoms with E-state index in [1.54, 1.807) is 7.05 Å². The van der Waals surface area contributed by atoms with Gasteiger partial charge in [0.2, 0.25) is 5.82 Å². The average molecular weight is 197 g/mol. The number of hydrogen-bond acceptors (Lipinski definition) is 2. The summed E-state index contributed by atoms with van der Waals surface area (Å²) in [6.45, 7) is 0.568. The van der Waals surface area contributed by atoms with Crippen LogP contribution in [0, 0.1) is 11.6 Å². The summed E-state index contributed by atoms with van der Waals surface area (Å²) in [4.78, 5) is 0. The first-order valence-electron chi connectivity index (χ1n) is 4.22. The second kappa shape index (κ2) is 3.38. The molecule has 14 heavy (non-hydrogen) atoms. The first kappa shape index (κ1) is 9.15. The molecule has 0 radical (unpaired) electrons. The van der Waals surface area contributed by atoms with Gasteiger partial charge in [0.25, 0.3) is 0 Å². The van der Waals surface area contributed by atoms with E-state index < -0.39 is 11.6 Å². The van der Waals surface area contributed by atoms with Crippen molar-refractivity contribution in [3.05, 3.63) is 35.6 Å². The lowest BCUT2D eigenvalue weighted by Gasteiger charge is -1.96. The minimum Gasteiger partial charge on any atom is -0.461 e. The maximum Gasteiger partial charge on any atom is 0.201 e. The molecular weight excluding hydrogens is 188 g/mol. The fourth-order valence-electron chi connectivity index (χ4n) is 1.42. The van der Waals surface area contributed by atoms with Gasteiger partial charge in [-0.15, -0.1) is 0 Å². The van der Waals surface area contributed by atoms with Gasteiger partial charge in [-0.1, -0.05) is 0 Å². The Kier molecular flexibility index (Phi) is 2.21. The molecule has 0 unspecified atom stereocenters. The maximum atomic E-state index is 13.2. The number of rotatable bonds is 2. The summed E-state index contributed by atoms with van der Waals surface area (Å²) >= 11 is 0.